The summed E-state index contributed by atoms with van der Waals surface area (Å²) in [5, 5.41) is 3.40. The van der Waals surface area contributed by atoms with E-state index in [1.54, 1.807) is 6.33 Å². The average molecular weight is 246 g/mol. The third-order valence-corrected chi connectivity index (χ3v) is 4.03. The predicted molar refractivity (Wildman–Crippen MR) is 71.1 cm³/mol. The predicted octanol–water partition coefficient (Wildman–Crippen LogP) is 1.78. The summed E-state index contributed by atoms with van der Waals surface area (Å²) in [6.45, 7) is 5.47. The number of imidazole rings is 1. The quantitative estimate of drug-likeness (QED) is 0.764. The van der Waals surface area contributed by atoms with Crippen LogP contribution >= 0.6 is 0 Å². The van der Waals surface area contributed by atoms with Gasteiger partial charge in [-0.1, -0.05) is 13.8 Å². The van der Waals surface area contributed by atoms with Gasteiger partial charge in [-0.25, -0.2) is 4.98 Å². The summed E-state index contributed by atoms with van der Waals surface area (Å²) < 4.78 is 0. The first-order chi connectivity index (χ1) is 8.61. The third-order valence-electron chi connectivity index (χ3n) is 4.03. The Bertz CT molecular complexity index is 569. The van der Waals surface area contributed by atoms with Crippen LogP contribution in [-0.4, -0.2) is 26.5 Å². The summed E-state index contributed by atoms with van der Waals surface area (Å²) in [5.74, 6) is 1.69. The molecule has 2 aromatic heterocycles. The zero-order valence-corrected chi connectivity index (χ0v) is 10.7. The maximum atomic E-state index is 5.68. The largest absolute Gasteiger partial charge is 0.368 e. The summed E-state index contributed by atoms with van der Waals surface area (Å²) in [4.78, 5) is 15.5. The topological polar surface area (TPSA) is 92.5 Å². The average Bonchev–Trinajstić information content (AvgIpc) is 2.98. The lowest BCUT2D eigenvalue weighted by Gasteiger charge is -2.20. The lowest BCUT2D eigenvalue weighted by Crippen LogP contribution is -2.21. The zero-order chi connectivity index (χ0) is 12.8. The van der Waals surface area contributed by atoms with E-state index in [1.807, 2.05) is 0 Å². The van der Waals surface area contributed by atoms with Gasteiger partial charge >= 0.3 is 0 Å². The van der Waals surface area contributed by atoms with Gasteiger partial charge in [0.05, 0.1) is 6.33 Å². The summed E-state index contributed by atoms with van der Waals surface area (Å²) in [5.41, 5.74) is 7.54. The number of fused-ring (bicyclic) bond motifs is 1. The molecule has 1 saturated carbocycles. The highest BCUT2D eigenvalue weighted by Gasteiger charge is 2.45. The van der Waals surface area contributed by atoms with Crippen LogP contribution in [0.1, 0.15) is 26.7 Å². The molecule has 0 saturated heterocycles. The number of hydrogen-bond donors (Lipinski definition) is 3. The van der Waals surface area contributed by atoms with Gasteiger partial charge in [0.2, 0.25) is 5.95 Å². The first-order valence-corrected chi connectivity index (χ1v) is 6.31. The first kappa shape index (κ1) is 11.3. The van der Waals surface area contributed by atoms with Crippen LogP contribution in [0.15, 0.2) is 6.33 Å². The molecule has 4 N–H and O–H groups in total. The van der Waals surface area contributed by atoms with Gasteiger partial charge in [-0.2, -0.15) is 9.97 Å². The molecular formula is C12H18N6. The number of anilines is 2. The Morgan fingerprint density at radius 1 is 1.44 bits per heavy atom. The van der Waals surface area contributed by atoms with Crippen molar-refractivity contribution in [2.45, 2.75) is 26.7 Å². The van der Waals surface area contributed by atoms with Crippen LogP contribution < -0.4 is 11.1 Å². The van der Waals surface area contributed by atoms with E-state index in [0.717, 1.165) is 17.9 Å². The molecule has 0 bridgehead atoms. The summed E-state index contributed by atoms with van der Waals surface area (Å²) in [6.07, 6.45) is 4.17. The van der Waals surface area contributed by atoms with Gasteiger partial charge in [-0.05, 0) is 24.2 Å². The Balaban J connectivity index is 1.84. The number of aromatic amines is 1. The molecular weight excluding hydrogens is 228 g/mol. The fourth-order valence-corrected chi connectivity index (χ4v) is 2.36. The van der Waals surface area contributed by atoms with Crippen molar-refractivity contribution in [3.63, 3.8) is 0 Å². The lowest BCUT2D eigenvalue weighted by atomic mass is 9.92. The fourth-order valence-electron chi connectivity index (χ4n) is 2.36. The van der Waals surface area contributed by atoms with Crippen molar-refractivity contribution >= 4 is 22.9 Å². The highest BCUT2D eigenvalue weighted by atomic mass is 15.1. The smallest absolute Gasteiger partial charge is 0.224 e. The van der Waals surface area contributed by atoms with Gasteiger partial charge in [-0.3, -0.25) is 0 Å². The Labute approximate surface area is 105 Å². The Morgan fingerprint density at radius 2 is 2.22 bits per heavy atom. The SMILES string of the molecule is CC(C)C1(CNc2nc(N)nc3nc[nH]c23)CC1. The van der Waals surface area contributed by atoms with E-state index >= 15 is 0 Å². The van der Waals surface area contributed by atoms with E-state index in [4.69, 9.17) is 5.73 Å². The second-order valence-electron chi connectivity index (χ2n) is 5.40. The minimum atomic E-state index is 0.256. The molecule has 0 unspecified atom stereocenters. The van der Waals surface area contributed by atoms with Crippen molar-refractivity contribution in [1.82, 2.24) is 19.9 Å². The molecule has 0 amide bonds. The number of nitrogens with zero attached hydrogens (tertiary/aromatic N) is 3. The molecule has 2 heterocycles. The fraction of sp³-hybridized carbons (Fsp3) is 0.583. The number of H-pyrrole nitrogens is 1. The summed E-state index contributed by atoms with van der Waals surface area (Å²) in [6, 6.07) is 0. The molecule has 0 radical (unpaired) electrons. The van der Waals surface area contributed by atoms with Crippen molar-refractivity contribution in [3.05, 3.63) is 6.33 Å². The van der Waals surface area contributed by atoms with E-state index in [-0.39, 0.29) is 5.95 Å². The second-order valence-corrected chi connectivity index (χ2v) is 5.40. The molecule has 0 aromatic carbocycles. The second kappa shape index (κ2) is 3.83. The molecule has 96 valence electrons. The highest BCUT2D eigenvalue weighted by molar-refractivity contribution is 5.83. The van der Waals surface area contributed by atoms with Gasteiger partial charge in [-0.15, -0.1) is 0 Å². The number of hydrogen-bond acceptors (Lipinski definition) is 5. The van der Waals surface area contributed by atoms with E-state index in [2.05, 4.69) is 39.1 Å². The van der Waals surface area contributed by atoms with Crippen molar-refractivity contribution in [3.8, 4) is 0 Å². The van der Waals surface area contributed by atoms with Gasteiger partial charge in [0, 0.05) is 6.54 Å². The Morgan fingerprint density at radius 3 is 2.89 bits per heavy atom. The van der Waals surface area contributed by atoms with Crippen LogP contribution in [0.25, 0.3) is 11.2 Å². The lowest BCUT2D eigenvalue weighted by molar-refractivity contribution is 0.380. The van der Waals surface area contributed by atoms with Crippen LogP contribution in [0.3, 0.4) is 0 Å². The molecule has 6 nitrogen and oxygen atoms in total. The number of rotatable bonds is 4. The molecule has 2 aromatic rings. The number of nitrogens with one attached hydrogen (secondary N) is 2. The van der Waals surface area contributed by atoms with Crippen LogP contribution in [0.5, 0.6) is 0 Å². The first-order valence-electron chi connectivity index (χ1n) is 6.31. The monoisotopic (exact) mass is 246 g/mol. The van der Waals surface area contributed by atoms with E-state index in [0.29, 0.717) is 17.0 Å². The molecule has 6 heteroatoms. The molecule has 1 aliphatic carbocycles. The minimum absolute atomic E-state index is 0.256. The molecule has 1 aliphatic rings. The molecule has 1 fully saturated rings. The van der Waals surface area contributed by atoms with E-state index in [9.17, 15) is 0 Å². The van der Waals surface area contributed by atoms with Crippen molar-refractivity contribution in [2.75, 3.05) is 17.6 Å². The van der Waals surface area contributed by atoms with Gasteiger partial charge < -0.3 is 16.0 Å². The van der Waals surface area contributed by atoms with Gasteiger partial charge in [0.25, 0.3) is 0 Å². The third kappa shape index (κ3) is 1.77. The summed E-state index contributed by atoms with van der Waals surface area (Å²) >= 11 is 0. The van der Waals surface area contributed by atoms with Crippen LogP contribution in [0, 0.1) is 11.3 Å². The number of nitrogens with two attached hydrogens (primary N) is 1. The van der Waals surface area contributed by atoms with Gasteiger partial charge in [0.1, 0.15) is 5.52 Å². The van der Waals surface area contributed by atoms with Crippen molar-refractivity contribution < 1.29 is 0 Å². The van der Waals surface area contributed by atoms with E-state index in [1.165, 1.54) is 12.8 Å². The van der Waals surface area contributed by atoms with E-state index < -0.39 is 0 Å². The molecule has 0 atom stereocenters. The number of nitrogen functional groups attached to an aromatic ring is 1. The van der Waals surface area contributed by atoms with Crippen LogP contribution in [0.2, 0.25) is 0 Å². The molecule has 3 rings (SSSR count). The maximum Gasteiger partial charge on any atom is 0.224 e. The Hall–Kier alpha value is -1.85. The highest BCUT2D eigenvalue weighted by Crippen LogP contribution is 2.51. The molecule has 0 aliphatic heterocycles. The van der Waals surface area contributed by atoms with Crippen LogP contribution in [-0.2, 0) is 0 Å². The maximum absolute atomic E-state index is 5.68. The normalized spacial score (nSPS) is 17.3. The number of aromatic nitrogens is 4. The standard InChI is InChI=1S/C12H18N6/c1-7(2)12(3-4-12)5-14-9-8-10(16-6-15-8)18-11(13)17-9/h6-7H,3-5H2,1-2H3,(H4,13,14,15,16,17,18). The van der Waals surface area contributed by atoms with Crippen LogP contribution in [0.4, 0.5) is 11.8 Å². The van der Waals surface area contributed by atoms with Crippen molar-refractivity contribution in [2.24, 2.45) is 11.3 Å². The molecule has 0 spiro atoms. The summed E-state index contributed by atoms with van der Waals surface area (Å²) in [7, 11) is 0. The molecule has 18 heavy (non-hydrogen) atoms. The Kier molecular flexibility index (Phi) is 2.39. The minimum Gasteiger partial charge on any atom is -0.368 e. The van der Waals surface area contributed by atoms with Gasteiger partial charge in [0.15, 0.2) is 11.5 Å². The van der Waals surface area contributed by atoms with Crippen molar-refractivity contribution in [1.29, 1.82) is 0 Å². The zero-order valence-electron chi connectivity index (χ0n) is 10.7.